The Morgan fingerprint density at radius 1 is 1.56 bits per heavy atom. The molecule has 6 nitrogen and oxygen atoms in total. The van der Waals surface area contributed by atoms with Crippen LogP contribution >= 0.6 is 0 Å². The SMILES string of the molecule is CC(C)(C)OC(=O)n1nc2c(c1N)CC(O)CC2. The number of hydrogen-bond donors (Lipinski definition) is 2. The van der Waals surface area contributed by atoms with Crippen molar-refractivity contribution in [1.82, 2.24) is 9.78 Å². The summed E-state index contributed by atoms with van der Waals surface area (Å²) in [7, 11) is 0. The van der Waals surface area contributed by atoms with Gasteiger partial charge in [0, 0.05) is 12.0 Å². The minimum Gasteiger partial charge on any atom is -0.442 e. The van der Waals surface area contributed by atoms with Crippen LogP contribution in [0.2, 0.25) is 0 Å². The van der Waals surface area contributed by atoms with E-state index in [9.17, 15) is 9.90 Å². The first-order valence-electron chi connectivity index (χ1n) is 6.05. The number of anilines is 1. The molecular weight excluding hydrogens is 234 g/mol. The van der Waals surface area contributed by atoms with Gasteiger partial charge in [-0.05, 0) is 33.6 Å². The summed E-state index contributed by atoms with van der Waals surface area (Å²) in [6, 6.07) is 0. The van der Waals surface area contributed by atoms with Gasteiger partial charge in [0.25, 0.3) is 0 Å². The molecule has 1 aromatic heterocycles. The molecule has 0 amide bonds. The minimum atomic E-state index is -0.588. The number of aliphatic hydroxyl groups excluding tert-OH is 1. The van der Waals surface area contributed by atoms with Crippen LogP contribution < -0.4 is 5.73 Å². The maximum Gasteiger partial charge on any atom is 0.437 e. The number of hydrogen-bond acceptors (Lipinski definition) is 5. The van der Waals surface area contributed by atoms with Crippen LogP contribution in [0.25, 0.3) is 0 Å². The van der Waals surface area contributed by atoms with Crippen molar-refractivity contribution in [2.75, 3.05) is 5.73 Å². The lowest BCUT2D eigenvalue weighted by Crippen LogP contribution is -2.28. The van der Waals surface area contributed by atoms with E-state index < -0.39 is 17.8 Å². The second kappa shape index (κ2) is 4.28. The fourth-order valence-corrected chi connectivity index (χ4v) is 2.02. The van der Waals surface area contributed by atoms with Gasteiger partial charge in [-0.15, -0.1) is 4.68 Å². The number of carbonyl (C=O) groups excluding carboxylic acids is 1. The summed E-state index contributed by atoms with van der Waals surface area (Å²) in [5.41, 5.74) is 6.85. The lowest BCUT2D eigenvalue weighted by Gasteiger charge is -2.19. The second-order valence-electron chi connectivity index (χ2n) is 5.60. The molecule has 1 unspecified atom stereocenters. The molecule has 0 aliphatic heterocycles. The van der Waals surface area contributed by atoms with Crippen molar-refractivity contribution in [3.05, 3.63) is 11.3 Å². The number of nitrogen functional groups attached to an aromatic ring is 1. The third-order valence-corrected chi connectivity index (χ3v) is 2.83. The number of carbonyl (C=O) groups is 1. The van der Waals surface area contributed by atoms with Crippen molar-refractivity contribution in [1.29, 1.82) is 0 Å². The lowest BCUT2D eigenvalue weighted by molar-refractivity contribution is 0.0518. The highest BCUT2D eigenvalue weighted by atomic mass is 16.6. The van der Waals surface area contributed by atoms with Crippen LogP contribution in [0.3, 0.4) is 0 Å². The van der Waals surface area contributed by atoms with Crippen LogP contribution in [0.1, 0.15) is 38.4 Å². The van der Waals surface area contributed by atoms with E-state index in [0.717, 1.165) is 15.9 Å². The number of aliphatic hydroxyl groups is 1. The van der Waals surface area contributed by atoms with E-state index in [-0.39, 0.29) is 5.82 Å². The number of aryl methyl sites for hydroxylation is 1. The summed E-state index contributed by atoms with van der Waals surface area (Å²) >= 11 is 0. The molecule has 1 aliphatic carbocycles. The molecule has 0 bridgehead atoms. The summed E-state index contributed by atoms with van der Waals surface area (Å²) in [5, 5.41) is 13.8. The fourth-order valence-electron chi connectivity index (χ4n) is 2.02. The summed E-state index contributed by atoms with van der Waals surface area (Å²) in [6.07, 6.45) is 0.748. The zero-order chi connectivity index (χ0) is 13.5. The van der Waals surface area contributed by atoms with Gasteiger partial charge >= 0.3 is 6.09 Å². The molecule has 0 aromatic carbocycles. The third-order valence-electron chi connectivity index (χ3n) is 2.83. The van der Waals surface area contributed by atoms with Gasteiger partial charge in [0.15, 0.2) is 0 Å². The zero-order valence-corrected chi connectivity index (χ0v) is 10.9. The molecule has 100 valence electrons. The minimum absolute atomic E-state index is 0.276. The first kappa shape index (κ1) is 12.9. The smallest absolute Gasteiger partial charge is 0.437 e. The van der Waals surface area contributed by atoms with Gasteiger partial charge in [0.2, 0.25) is 0 Å². The Balaban J connectivity index is 2.28. The van der Waals surface area contributed by atoms with Gasteiger partial charge in [-0.25, -0.2) is 4.79 Å². The van der Waals surface area contributed by atoms with E-state index in [0.29, 0.717) is 19.3 Å². The Morgan fingerprint density at radius 3 is 2.83 bits per heavy atom. The van der Waals surface area contributed by atoms with Crippen molar-refractivity contribution in [3.63, 3.8) is 0 Å². The average Bonchev–Trinajstić information content (AvgIpc) is 2.54. The van der Waals surface area contributed by atoms with Crippen LogP contribution in [-0.2, 0) is 17.6 Å². The third kappa shape index (κ3) is 2.48. The molecule has 0 saturated carbocycles. The van der Waals surface area contributed by atoms with Gasteiger partial charge in [-0.3, -0.25) is 0 Å². The molecule has 0 fully saturated rings. The van der Waals surface area contributed by atoms with E-state index >= 15 is 0 Å². The Morgan fingerprint density at radius 2 is 2.22 bits per heavy atom. The van der Waals surface area contributed by atoms with Crippen LogP contribution in [0.5, 0.6) is 0 Å². The number of aromatic nitrogens is 2. The highest BCUT2D eigenvalue weighted by molar-refractivity contribution is 5.75. The van der Waals surface area contributed by atoms with Crippen molar-refractivity contribution >= 4 is 11.9 Å². The number of ether oxygens (including phenoxy) is 1. The average molecular weight is 253 g/mol. The van der Waals surface area contributed by atoms with Crippen LogP contribution in [0.15, 0.2) is 0 Å². The van der Waals surface area contributed by atoms with E-state index in [1.807, 2.05) is 0 Å². The molecule has 1 atom stereocenters. The number of fused-ring (bicyclic) bond motifs is 1. The second-order valence-corrected chi connectivity index (χ2v) is 5.60. The quantitative estimate of drug-likeness (QED) is 0.722. The van der Waals surface area contributed by atoms with Gasteiger partial charge in [-0.2, -0.15) is 5.10 Å². The zero-order valence-electron chi connectivity index (χ0n) is 10.9. The number of nitrogens with zero attached hydrogens (tertiary/aromatic N) is 2. The number of rotatable bonds is 0. The molecule has 1 aromatic rings. The summed E-state index contributed by atoms with van der Waals surface area (Å²) in [5.74, 6) is 0.276. The highest BCUT2D eigenvalue weighted by Gasteiger charge is 2.27. The first-order valence-corrected chi connectivity index (χ1v) is 6.05. The molecule has 1 heterocycles. The Bertz CT molecular complexity index is 474. The predicted molar refractivity (Wildman–Crippen MR) is 66.3 cm³/mol. The van der Waals surface area contributed by atoms with Gasteiger partial charge in [0.05, 0.1) is 11.8 Å². The molecular formula is C12H19N3O3. The predicted octanol–water partition coefficient (Wildman–Crippen LogP) is 1.10. The maximum absolute atomic E-state index is 11.9. The van der Waals surface area contributed by atoms with Crippen molar-refractivity contribution in [2.45, 2.75) is 51.7 Å². The van der Waals surface area contributed by atoms with E-state index in [1.165, 1.54) is 0 Å². The highest BCUT2D eigenvalue weighted by Crippen LogP contribution is 2.26. The molecule has 2 rings (SSSR count). The molecule has 0 spiro atoms. The molecule has 0 radical (unpaired) electrons. The molecule has 0 saturated heterocycles. The van der Waals surface area contributed by atoms with Crippen LogP contribution in [0.4, 0.5) is 10.6 Å². The first-order chi connectivity index (χ1) is 8.28. The Hall–Kier alpha value is -1.56. The fraction of sp³-hybridized carbons (Fsp3) is 0.667. The Kier molecular flexibility index (Phi) is 3.06. The monoisotopic (exact) mass is 253 g/mol. The van der Waals surface area contributed by atoms with Gasteiger partial charge < -0.3 is 15.6 Å². The maximum atomic E-state index is 11.9. The van der Waals surface area contributed by atoms with Crippen molar-refractivity contribution < 1.29 is 14.6 Å². The normalized spacial score (nSPS) is 19.4. The topological polar surface area (TPSA) is 90.4 Å². The molecule has 6 heteroatoms. The van der Waals surface area contributed by atoms with E-state index in [1.54, 1.807) is 20.8 Å². The van der Waals surface area contributed by atoms with Gasteiger partial charge in [0.1, 0.15) is 11.4 Å². The Labute approximate surface area is 106 Å². The lowest BCUT2D eigenvalue weighted by atomic mass is 9.95. The van der Waals surface area contributed by atoms with Crippen LogP contribution in [-0.4, -0.2) is 32.7 Å². The summed E-state index contributed by atoms with van der Waals surface area (Å²) in [6.45, 7) is 5.36. The number of nitrogens with two attached hydrogens (primary N) is 1. The standard InChI is InChI=1S/C12H19N3O3/c1-12(2,3)18-11(17)15-10(13)8-6-7(16)4-5-9(8)14-15/h7,16H,4-6,13H2,1-3H3. The van der Waals surface area contributed by atoms with E-state index in [2.05, 4.69) is 5.10 Å². The van der Waals surface area contributed by atoms with Crippen molar-refractivity contribution in [3.8, 4) is 0 Å². The summed E-state index contributed by atoms with van der Waals surface area (Å²) < 4.78 is 6.32. The molecule has 3 N–H and O–H groups in total. The van der Waals surface area contributed by atoms with Crippen LogP contribution in [0, 0.1) is 0 Å². The molecule has 1 aliphatic rings. The molecule has 18 heavy (non-hydrogen) atoms. The summed E-state index contributed by atoms with van der Waals surface area (Å²) in [4.78, 5) is 11.9. The van der Waals surface area contributed by atoms with Gasteiger partial charge in [-0.1, -0.05) is 0 Å². The largest absolute Gasteiger partial charge is 0.442 e. The van der Waals surface area contributed by atoms with E-state index in [4.69, 9.17) is 10.5 Å². The van der Waals surface area contributed by atoms with Crippen molar-refractivity contribution in [2.24, 2.45) is 0 Å².